The lowest BCUT2D eigenvalue weighted by atomic mass is 10.1. The Morgan fingerprint density at radius 3 is 2.70 bits per heavy atom. The third-order valence-corrected chi connectivity index (χ3v) is 4.58. The van der Waals surface area contributed by atoms with E-state index in [4.69, 9.17) is 21.6 Å². The molecule has 1 N–H and O–H groups in total. The highest BCUT2D eigenvalue weighted by Gasteiger charge is 2.11. The minimum atomic E-state index is -0.387. The number of halogens is 1. The van der Waals surface area contributed by atoms with Gasteiger partial charge in [0.25, 0.3) is 5.56 Å². The molecule has 0 spiro atoms. The van der Waals surface area contributed by atoms with Crippen LogP contribution in [0.3, 0.4) is 0 Å². The number of nitrogens with zero attached hydrogens (tertiary/aromatic N) is 3. The SMILES string of the molecule is Cc1ccccc1Cl.Cc1nn(/C=C2\CNCCOC2)c(=O)c(C#N)c1C. The Hall–Kier alpha value is -2.46. The highest BCUT2D eigenvalue weighted by Crippen LogP contribution is 2.12. The van der Waals surface area contributed by atoms with Crippen molar-refractivity contribution in [2.75, 3.05) is 26.3 Å². The molecule has 0 unspecified atom stereocenters. The first-order valence-corrected chi connectivity index (χ1v) is 9.01. The molecule has 1 aromatic carbocycles. The van der Waals surface area contributed by atoms with Crippen molar-refractivity contribution in [1.82, 2.24) is 15.1 Å². The molecule has 2 heterocycles. The van der Waals surface area contributed by atoms with Gasteiger partial charge in [0.2, 0.25) is 0 Å². The molecule has 27 heavy (non-hydrogen) atoms. The fraction of sp³-hybridized carbons (Fsp3) is 0.350. The van der Waals surface area contributed by atoms with Crippen LogP contribution in [0.1, 0.15) is 22.4 Å². The van der Waals surface area contributed by atoms with Crippen molar-refractivity contribution < 1.29 is 4.74 Å². The standard InChI is InChI=1S/C13H16N4O2.C7H7Cl/c1-9-10(2)16-17(13(18)12(9)5-14)7-11-6-15-3-4-19-8-11;1-6-4-2-3-5-7(6)8/h7,15H,3-4,6,8H2,1-2H3;2-5H,1H3/b11-7+;. The number of nitrogens with one attached hydrogen (secondary N) is 1. The Balaban J connectivity index is 0.000000273. The van der Waals surface area contributed by atoms with Crippen LogP contribution in [0.2, 0.25) is 5.02 Å². The first kappa shape index (κ1) is 20.8. The Labute approximate surface area is 164 Å². The molecule has 142 valence electrons. The number of rotatable bonds is 1. The van der Waals surface area contributed by atoms with Crippen LogP contribution in [-0.2, 0) is 4.74 Å². The van der Waals surface area contributed by atoms with Crippen LogP contribution in [0, 0.1) is 32.1 Å². The van der Waals surface area contributed by atoms with Crippen LogP contribution in [0.15, 0.2) is 34.6 Å². The molecule has 0 aliphatic carbocycles. The molecular formula is C20H23ClN4O2. The largest absolute Gasteiger partial charge is 0.376 e. The van der Waals surface area contributed by atoms with Crippen molar-refractivity contribution in [3.63, 3.8) is 0 Å². The van der Waals surface area contributed by atoms with E-state index in [-0.39, 0.29) is 11.1 Å². The van der Waals surface area contributed by atoms with E-state index in [2.05, 4.69) is 10.4 Å². The number of aromatic nitrogens is 2. The number of hydrogen-bond acceptors (Lipinski definition) is 5. The number of hydrogen-bond donors (Lipinski definition) is 1. The molecule has 0 atom stereocenters. The van der Waals surface area contributed by atoms with Gasteiger partial charge in [-0.3, -0.25) is 4.79 Å². The van der Waals surface area contributed by atoms with Gasteiger partial charge in [-0.2, -0.15) is 10.4 Å². The monoisotopic (exact) mass is 386 g/mol. The highest BCUT2D eigenvalue weighted by molar-refractivity contribution is 6.31. The summed E-state index contributed by atoms with van der Waals surface area (Å²) in [7, 11) is 0. The van der Waals surface area contributed by atoms with Gasteiger partial charge in [-0.15, -0.1) is 0 Å². The van der Waals surface area contributed by atoms with Crippen LogP contribution in [0.25, 0.3) is 6.20 Å². The first-order valence-electron chi connectivity index (χ1n) is 8.63. The zero-order valence-corrected chi connectivity index (χ0v) is 16.5. The van der Waals surface area contributed by atoms with Crippen molar-refractivity contribution in [2.45, 2.75) is 20.8 Å². The normalized spacial score (nSPS) is 15.4. The smallest absolute Gasteiger partial charge is 0.289 e. The molecular weight excluding hydrogens is 364 g/mol. The van der Waals surface area contributed by atoms with Gasteiger partial charge in [0.15, 0.2) is 0 Å². The minimum absolute atomic E-state index is 0.145. The predicted molar refractivity (Wildman–Crippen MR) is 107 cm³/mol. The Bertz CT molecular complexity index is 898. The second kappa shape index (κ2) is 10.0. The summed E-state index contributed by atoms with van der Waals surface area (Å²) in [4.78, 5) is 12.1. The maximum Gasteiger partial charge on any atom is 0.289 e. The fourth-order valence-electron chi connectivity index (χ4n) is 2.41. The third-order valence-electron chi connectivity index (χ3n) is 4.15. The Morgan fingerprint density at radius 1 is 1.33 bits per heavy atom. The summed E-state index contributed by atoms with van der Waals surface area (Å²) in [6.45, 7) is 8.07. The van der Waals surface area contributed by atoms with E-state index in [1.54, 1.807) is 20.0 Å². The van der Waals surface area contributed by atoms with Crippen molar-refractivity contribution in [3.8, 4) is 6.07 Å². The average molecular weight is 387 g/mol. The zero-order valence-electron chi connectivity index (χ0n) is 15.8. The topological polar surface area (TPSA) is 79.9 Å². The molecule has 1 saturated heterocycles. The lowest BCUT2D eigenvalue weighted by molar-refractivity contribution is 0.170. The van der Waals surface area contributed by atoms with Crippen LogP contribution in [-0.4, -0.2) is 36.1 Å². The molecule has 0 bridgehead atoms. The van der Waals surface area contributed by atoms with E-state index in [0.29, 0.717) is 31.0 Å². The number of ether oxygens (including phenoxy) is 1. The van der Waals surface area contributed by atoms with Crippen LogP contribution < -0.4 is 10.9 Å². The van der Waals surface area contributed by atoms with Gasteiger partial charge in [-0.25, -0.2) is 4.68 Å². The van der Waals surface area contributed by atoms with E-state index in [0.717, 1.165) is 22.7 Å². The van der Waals surface area contributed by atoms with Gasteiger partial charge in [0, 0.05) is 24.3 Å². The van der Waals surface area contributed by atoms with Gasteiger partial charge < -0.3 is 10.1 Å². The summed E-state index contributed by atoms with van der Waals surface area (Å²) in [5.74, 6) is 0. The predicted octanol–water partition coefficient (Wildman–Crippen LogP) is 2.84. The zero-order chi connectivity index (χ0) is 19.8. The average Bonchev–Trinajstić information content (AvgIpc) is 2.92. The molecule has 1 aliphatic heterocycles. The van der Waals surface area contributed by atoms with Gasteiger partial charge in [-0.1, -0.05) is 29.8 Å². The first-order chi connectivity index (χ1) is 12.9. The summed E-state index contributed by atoms with van der Waals surface area (Å²) in [6, 6.07) is 9.72. The molecule has 0 saturated carbocycles. The fourth-order valence-corrected chi connectivity index (χ4v) is 2.55. The van der Waals surface area contributed by atoms with Crippen molar-refractivity contribution >= 4 is 17.8 Å². The molecule has 1 aromatic heterocycles. The summed E-state index contributed by atoms with van der Waals surface area (Å²) >= 11 is 5.71. The number of nitriles is 1. The molecule has 6 nitrogen and oxygen atoms in total. The molecule has 7 heteroatoms. The van der Waals surface area contributed by atoms with Crippen molar-refractivity contribution in [3.05, 3.63) is 67.6 Å². The van der Waals surface area contributed by atoms with Gasteiger partial charge in [0.05, 0.1) is 18.9 Å². The van der Waals surface area contributed by atoms with E-state index in [9.17, 15) is 4.79 Å². The quantitative estimate of drug-likeness (QED) is 0.815. The molecule has 0 radical (unpaired) electrons. The highest BCUT2D eigenvalue weighted by atomic mass is 35.5. The third kappa shape index (κ3) is 5.76. The summed E-state index contributed by atoms with van der Waals surface area (Å²) in [6.07, 6.45) is 1.65. The summed E-state index contributed by atoms with van der Waals surface area (Å²) in [5, 5.41) is 17.3. The minimum Gasteiger partial charge on any atom is -0.376 e. The molecule has 1 aliphatic rings. The van der Waals surface area contributed by atoms with Crippen molar-refractivity contribution in [1.29, 1.82) is 5.26 Å². The molecule has 2 aromatic rings. The Kier molecular flexibility index (Phi) is 7.74. The maximum atomic E-state index is 12.1. The van der Waals surface area contributed by atoms with Crippen molar-refractivity contribution in [2.24, 2.45) is 0 Å². The summed E-state index contributed by atoms with van der Waals surface area (Å²) in [5.41, 5.74) is 3.13. The van der Waals surface area contributed by atoms with E-state index >= 15 is 0 Å². The molecule has 1 fully saturated rings. The maximum absolute atomic E-state index is 12.1. The lowest BCUT2D eigenvalue weighted by Crippen LogP contribution is -2.25. The Morgan fingerprint density at radius 2 is 2.07 bits per heavy atom. The molecule has 3 rings (SSSR count). The van der Waals surface area contributed by atoms with Gasteiger partial charge in [0.1, 0.15) is 11.6 Å². The van der Waals surface area contributed by atoms with Crippen LogP contribution in [0.5, 0.6) is 0 Å². The van der Waals surface area contributed by atoms with E-state index < -0.39 is 0 Å². The number of benzene rings is 1. The van der Waals surface area contributed by atoms with E-state index in [1.165, 1.54) is 4.68 Å². The second-order valence-corrected chi connectivity index (χ2v) is 6.62. The van der Waals surface area contributed by atoms with Crippen LogP contribution >= 0.6 is 11.6 Å². The number of aryl methyl sites for hydroxylation is 2. The van der Waals surface area contributed by atoms with E-state index in [1.807, 2.05) is 37.3 Å². The van der Waals surface area contributed by atoms with Gasteiger partial charge >= 0.3 is 0 Å². The van der Waals surface area contributed by atoms with Crippen LogP contribution in [0.4, 0.5) is 0 Å². The van der Waals surface area contributed by atoms with Gasteiger partial charge in [-0.05, 0) is 43.5 Å². The molecule has 0 amide bonds. The summed E-state index contributed by atoms with van der Waals surface area (Å²) < 4.78 is 6.62. The lowest BCUT2D eigenvalue weighted by Gasteiger charge is -2.07. The second-order valence-electron chi connectivity index (χ2n) is 6.21.